The lowest BCUT2D eigenvalue weighted by atomic mass is 9.79. The molecule has 11 nitrogen and oxygen atoms in total. The zero-order valence-corrected chi connectivity index (χ0v) is 21.6. The van der Waals surface area contributed by atoms with E-state index in [-0.39, 0.29) is 23.1 Å². The summed E-state index contributed by atoms with van der Waals surface area (Å²) in [6.45, 7) is 6.01. The van der Waals surface area contributed by atoms with Gasteiger partial charge >= 0.3 is 0 Å². The molecule has 0 aromatic carbocycles. The summed E-state index contributed by atoms with van der Waals surface area (Å²) in [5, 5.41) is 21.6. The van der Waals surface area contributed by atoms with Crippen molar-refractivity contribution in [3.8, 4) is 11.3 Å². The third-order valence-corrected chi connectivity index (χ3v) is 7.24. The summed E-state index contributed by atoms with van der Waals surface area (Å²) in [6, 6.07) is 4.45. The molecule has 0 bridgehead atoms. The van der Waals surface area contributed by atoms with Crippen LogP contribution in [0, 0.1) is 19.3 Å². The summed E-state index contributed by atoms with van der Waals surface area (Å²) in [4.78, 5) is 31.6. The quantitative estimate of drug-likeness (QED) is 0.340. The summed E-state index contributed by atoms with van der Waals surface area (Å²) in [6.07, 6.45) is 8.78. The summed E-state index contributed by atoms with van der Waals surface area (Å²) >= 11 is 0. The Hall–Kier alpha value is -4.28. The van der Waals surface area contributed by atoms with Gasteiger partial charge in [-0.25, -0.2) is 0 Å². The maximum atomic E-state index is 13.8. The SMILES string of the molecule is Cc1n[nH]c(C)c1-c1ccc(NC(=O)[C@@H](NC(=O)c2ccnn2C)C(c2cnn(C)c2)C2(C)CC2)cn1. The lowest BCUT2D eigenvalue weighted by Gasteiger charge is -2.31. The van der Waals surface area contributed by atoms with Gasteiger partial charge in [-0.2, -0.15) is 15.3 Å². The molecule has 192 valence electrons. The summed E-state index contributed by atoms with van der Waals surface area (Å²) in [5.74, 6) is -0.942. The minimum Gasteiger partial charge on any atom is -0.338 e. The average Bonchev–Trinajstić information content (AvgIpc) is 3.14. The van der Waals surface area contributed by atoms with Gasteiger partial charge in [0.25, 0.3) is 5.91 Å². The zero-order valence-electron chi connectivity index (χ0n) is 21.6. The van der Waals surface area contributed by atoms with Crippen LogP contribution in [-0.2, 0) is 18.9 Å². The monoisotopic (exact) mass is 501 g/mol. The van der Waals surface area contributed by atoms with Crippen LogP contribution in [0.15, 0.2) is 43.0 Å². The number of amides is 2. The molecule has 1 aliphatic carbocycles. The van der Waals surface area contributed by atoms with Crippen LogP contribution >= 0.6 is 0 Å². The van der Waals surface area contributed by atoms with Gasteiger partial charge in [-0.05, 0) is 55.9 Å². The van der Waals surface area contributed by atoms with E-state index in [9.17, 15) is 9.59 Å². The van der Waals surface area contributed by atoms with Gasteiger partial charge in [-0.1, -0.05) is 6.92 Å². The van der Waals surface area contributed by atoms with Crippen molar-refractivity contribution in [3.63, 3.8) is 0 Å². The molecule has 2 amide bonds. The van der Waals surface area contributed by atoms with Crippen LogP contribution in [0.3, 0.4) is 0 Å². The average molecular weight is 502 g/mol. The third-order valence-electron chi connectivity index (χ3n) is 7.24. The number of aromatic nitrogens is 7. The van der Waals surface area contributed by atoms with Crippen molar-refractivity contribution >= 4 is 17.5 Å². The van der Waals surface area contributed by atoms with Gasteiger partial charge in [0.05, 0.1) is 29.5 Å². The van der Waals surface area contributed by atoms with Gasteiger partial charge < -0.3 is 10.6 Å². The first-order valence-corrected chi connectivity index (χ1v) is 12.2. The number of carbonyl (C=O) groups excluding carboxylic acids is 2. The second-order valence-electron chi connectivity index (χ2n) is 10.1. The van der Waals surface area contributed by atoms with Crippen molar-refractivity contribution in [2.24, 2.45) is 19.5 Å². The van der Waals surface area contributed by atoms with Crippen LogP contribution < -0.4 is 10.6 Å². The van der Waals surface area contributed by atoms with Crippen molar-refractivity contribution in [2.75, 3.05) is 5.32 Å². The number of nitrogens with one attached hydrogen (secondary N) is 3. The number of hydrogen-bond donors (Lipinski definition) is 3. The summed E-state index contributed by atoms with van der Waals surface area (Å²) in [5.41, 5.74) is 5.18. The lowest BCUT2D eigenvalue weighted by Crippen LogP contribution is -2.50. The molecular weight excluding hydrogens is 470 g/mol. The van der Waals surface area contributed by atoms with Crippen LogP contribution in [0.25, 0.3) is 11.3 Å². The second-order valence-corrected chi connectivity index (χ2v) is 10.1. The van der Waals surface area contributed by atoms with Crippen molar-refractivity contribution in [2.45, 2.75) is 45.6 Å². The predicted octanol–water partition coefficient (Wildman–Crippen LogP) is 2.88. The highest BCUT2D eigenvalue weighted by molar-refractivity contribution is 6.01. The number of anilines is 1. The van der Waals surface area contributed by atoms with Crippen LogP contribution in [0.2, 0.25) is 0 Å². The molecule has 2 atom stereocenters. The van der Waals surface area contributed by atoms with E-state index >= 15 is 0 Å². The smallest absolute Gasteiger partial charge is 0.270 e. The zero-order chi connectivity index (χ0) is 26.3. The highest BCUT2D eigenvalue weighted by Crippen LogP contribution is 2.57. The molecule has 11 heteroatoms. The Morgan fingerprint density at radius 2 is 1.89 bits per heavy atom. The normalized spacial score (nSPS) is 15.7. The van der Waals surface area contributed by atoms with E-state index in [1.54, 1.807) is 36.4 Å². The Bertz CT molecular complexity index is 1420. The van der Waals surface area contributed by atoms with Gasteiger partial charge in [0.1, 0.15) is 11.7 Å². The van der Waals surface area contributed by atoms with Crippen LogP contribution in [0.1, 0.15) is 53.1 Å². The molecule has 1 aliphatic rings. The molecule has 3 N–H and O–H groups in total. The Labute approximate surface area is 214 Å². The first kappa shape index (κ1) is 24.4. The number of aryl methyl sites for hydroxylation is 4. The molecule has 4 heterocycles. The molecule has 1 fully saturated rings. The molecule has 0 spiro atoms. The predicted molar refractivity (Wildman–Crippen MR) is 138 cm³/mol. The molecule has 5 rings (SSSR count). The molecule has 1 saturated carbocycles. The first-order valence-electron chi connectivity index (χ1n) is 12.2. The van der Waals surface area contributed by atoms with E-state index in [1.165, 1.54) is 4.68 Å². The Morgan fingerprint density at radius 3 is 2.43 bits per heavy atom. The fourth-order valence-corrected chi connectivity index (χ4v) is 4.98. The van der Waals surface area contributed by atoms with Crippen molar-refractivity contribution in [3.05, 3.63) is 65.6 Å². The number of rotatable bonds is 8. The molecule has 0 saturated heterocycles. The minimum atomic E-state index is -0.836. The van der Waals surface area contributed by atoms with E-state index in [4.69, 9.17) is 0 Å². The van der Waals surface area contributed by atoms with Gasteiger partial charge in [-0.15, -0.1) is 0 Å². The second kappa shape index (κ2) is 9.30. The molecule has 1 unspecified atom stereocenters. The number of nitrogens with zero attached hydrogens (tertiary/aromatic N) is 6. The van der Waals surface area contributed by atoms with E-state index in [2.05, 4.69) is 42.9 Å². The topological polar surface area (TPSA) is 135 Å². The number of H-pyrrole nitrogens is 1. The largest absolute Gasteiger partial charge is 0.338 e. The first-order chi connectivity index (χ1) is 17.7. The van der Waals surface area contributed by atoms with E-state index in [1.807, 2.05) is 39.2 Å². The standard InChI is InChI=1S/C26H31N9O2/c1-15-21(16(2)33-32-15)19-7-6-18(13-27-19)30-25(37)23(31-24(36)20-8-11-28-35(20)5)22(26(3)9-10-26)17-12-29-34(4)14-17/h6-8,11-14,22-23H,9-10H2,1-5H3,(H,30,37)(H,31,36)(H,32,33)/t22?,23-/m0/s1. The highest BCUT2D eigenvalue weighted by Gasteiger charge is 2.51. The van der Waals surface area contributed by atoms with Crippen molar-refractivity contribution < 1.29 is 9.59 Å². The molecule has 0 radical (unpaired) electrons. The van der Waals surface area contributed by atoms with E-state index < -0.39 is 6.04 Å². The van der Waals surface area contributed by atoms with Crippen LogP contribution in [0.4, 0.5) is 5.69 Å². The fourth-order valence-electron chi connectivity index (χ4n) is 4.98. The lowest BCUT2D eigenvalue weighted by molar-refractivity contribution is -0.119. The maximum absolute atomic E-state index is 13.8. The Morgan fingerprint density at radius 1 is 1.11 bits per heavy atom. The molecule has 4 aromatic heterocycles. The number of aromatic amines is 1. The van der Waals surface area contributed by atoms with E-state index in [0.717, 1.165) is 41.1 Å². The number of hydrogen-bond acceptors (Lipinski definition) is 6. The maximum Gasteiger partial charge on any atom is 0.270 e. The highest BCUT2D eigenvalue weighted by atomic mass is 16.2. The summed E-state index contributed by atoms with van der Waals surface area (Å²) < 4.78 is 3.21. The number of carbonyl (C=O) groups is 2. The summed E-state index contributed by atoms with van der Waals surface area (Å²) in [7, 11) is 3.54. The van der Waals surface area contributed by atoms with Crippen molar-refractivity contribution in [1.82, 2.24) is 40.1 Å². The molecule has 4 aromatic rings. The minimum absolute atomic E-state index is 0.136. The van der Waals surface area contributed by atoms with Crippen LogP contribution in [-0.4, -0.2) is 52.6 Å². The Kier molecular flexibility index (Phi) is 6.14. The molecule has 0 aliphatic heterocycles. The molecular formula is C26H31N9O2. The Balaban J connectivity index is 1.45. The van der Waals surface area contributed by atoms with Gasteiger partial charge in [-0.3, -0.25) is 29.0 Å². The number of pyridine rings is 1. The van der Waals surface area contributed by atoms with Gasteiger partial charge in [0, 0.05) is 43.7 Å². The molecule has 37 heavy (non-hydrogen) atoms. The fraction of sp³-hybridized carbons (Fsp3) is 0.385. The van der Waals surface area contributed by atoms with E-state index in [0.29, 0.717) is 11.4 Å². The van der Waals surface area contributed by atoms with Gasteiger partial charge in [0.2, 0.25) is 5.91 Å². The van der Waals surface area contributed by atoms with Gasteiger partial charge in [0.15, 0.2) is 0 Å². The van der Waals surface area contributed by atoms with Crippen LogP contribution in [0.5, 0.6) is 0 Å². The van der Waals surface area contributed by atoms with Crippen molar-refractivity contribution in [1.29, 1.82) is 0 Å². The third kappa shape index (κ3) is 4.76.